The molecule has 0 aliphatic carbocycles. The third-order valence-corrected chi connectivity index (χ3v) is 4.02. The minimum absolute atomic E-state index is 0.111. The zero-order valence-electron chi connectivity index (χ0n) is 12.0. The van der Waals surface area contributed by atoms with E-state index in [2.05, 4.69) is 37.4 Å². The van der Waals surface area contributed by atoms with Gasteiger partial charge in [-0.1, -0.05) is 23.8 Å². The molecule has 1 fully saturated rings. The Kier molecular flexibility index (Phi) is 4.59. The van der Waals surface area contributed by atoms with Gasteiger partial charge in [0.2, 0.25) is 0 Å². The minimum Gasteiger partial charge on any atom is -0.469 e. The molecule has 3 nitrogen and oxygen atoms in total. The van der Waals surface area contributed by atoms with Gasteiger partial charge in [0.05, 0.1) is 13.0 Å². The van der Waals surface area contributed by atoms with E-state index in [0.717, 1.165) is 31.5 Å². The second kappa shape index (κ2) is 6.20. The molecule has 1 N–H and O–H groups in total. The summed E-state index contributed by atoms with van der Waals surface area (Å²) in [7, 11) is 1.48. The van der Waals surface area contributed by atoms with Crippen molar-refractivity contribution in [3.05, 3.63) is 34.9 Å². The van der Waals surface area contributed by atoms with Crippen molar-refractivity contribution in [3.63, 3.8) is 0 Å². The Hall–Kier alpha value is -1.35. The summed E-state index contributed by atoms with van der Waals surface area (Å²) in [6.45, 7) is 6.10. The number of ether oxygens (including phenoxy) is 1. The maximum absolute atomic E-state index is 12.2. The SMILES string of the molecule is COC(=O)C(c1ccc(C)cc1C)C1CCCNC1. The Morgan fingerprint density at radius 3 is 2.79 bits per heavy atom. The fraction of sp³-hybridized carbons (Fsp3) is 0.562. The van der Waals surface area contributed by atoms with Gasteiger partial charge in [-0.2, -0.15) is 0 Å². The third kappa shape index (κ3) is 3.16. The first-order chi connectivity index (χ1) is 9.13. The Bertz CT molecular complexity index is 450. The quantitative estimate of drug-likeness (QED) is 0.850. The first-order valence-corrected chi connectivity index (χ1v) is 6.99. The van der Waals surface area contributed by atoms with Crippen molar-refractivity contribution in [3.8, 4) is 0 Å². The van der Waals surface area contributed by atoms with Gasteiger partial charge in [0.25, 0.3) is 0 Å². The first kappa shape index (κ1) is 14.1. The lowest BCUT2D eigenvalue weighted by Crippen LogP contribution is -2.36. The van der Waals surface area contributed by atoms with Gasteiger partial charge in [0, 0.05) is 0 Å². The highest BCUT2D eigenvalue weighted by Gasteiger charge is 2.32. The Morgan fingerprint density at radius 1 is 1.42 bits per heavy atom. The zero-order valence-corrected chi connectivity index (χ0v) is 12.0. The van der Waals surface area contributed by atoms with Crippen LogP contribution in [0.3, 0.4) is 0 Å². The number of hydrogen-bond donors (Lipinski definition) is 1. The number of piperidine rings is 1. The summed E-state index contributed by atoms with van der Waals surface area (Å²) in [6, 6.07) is 6.30. The predicted molar refractivity (Wildman–Crippen MR) is 76.3 cm³/mol. The van der Waals surface area contributed by atoms with E-state index >= 15 is 0 Å². The topological polar surface area (TPSA) is 38.3 Å². The van der Waals surface area contributed by atoms with E-state index in [-0.39, 0.29) is 11.9 Å². The van der Waals surface area contributed by atoms with Gasteiger partial charge >= 0.3 is 5.97 Å². The van der Waals surface area contributed by atoms with Gasteiger partial charge in [0.15, 0.2) is 0 Å². The van der Waals surface area contributed by atoms with Gasteiger partial charge < -0.3 is 10.1 Å². The van der Waals surface area contributed by atoms with E-state index in [1.54, 1.807) is 0 Å². The normalized spacial score (nSPS) is 20.9. The molecule has 104 valence electrons. The summed E-state index contributed by atoms with van der Waals surface area (Å²) in [5, 5.41) is 3.39. The van der Waals surface area contributed by atoms with Gasteiger partial charge in [-0.25, -0.2) is 0 Å². The number of nitrogens with one attached hydrogen (secondary N) is 1. The molecule has 0 aromatic heterocycles. The molecule has 1 aromatic rings. The van der Waals surface area contributed by atoms with Gasteiger partial charge in [-0.15, -0.1) is 0 Å². The van der Waals surface area contributed by atoms with Crippen molar-refractivity contribution in [2.24, 2.45) is 5.92 Å². The number of benzene rings is 1. The van der Waals surface area contributed by atoms with E-state index < -0.39 is 0 Å². The molecule has 2 unspecified atom stereocenters. The van der Waals surface area contributed by atoms with Crippen LogP contribution in [0.4, 0.5) is 0 Å². The maximum Gasteiger partial charge on any atom is 0.313 e. The van der Waals surface area contributed by atoms with Crippen molar-refractivity contribution < 1.29 is 9.53 Å². The summed E-state index contributed by atoms with van der Waals surface area (Å²) < 4.78 is 5.04. The Morgan fingerprint density at radius 2 is 2.21 bits per heavy atom. The van der Waals surface area contributed by atoms with Crippen LogP contribution in [-0.2, 0) is 9.53 Å². The molecular formula is C16H23NO2. The van der Waals surface area contributed by atoms with Crippen molar-refractivity contribution in [2.45, 2.75) is 32.6 Å². The van der Waals surface area contributed by atoms with Crippen LogP contribution >= 0.6 is 0 Å². The lowest BCUT2D eigenvalue weighted by atomic mass is 9.79. The lowest BCUT2D eigenvalue weighted by molar-refractivity contribution is -0.144. The third-order valence-electron chi connectivity index (χ3n) is 4.02. The largest absolute Gasteiger partial charge is 0.469 e. The molecule has 0 spiro atoms. The molecule has 1 aliphatic heterocycles. The molecule has 1 aliphatic rings. The van der Waals surface area contributed by atoms with Gasteiger partial charge in [-0.3, -0.25) is 4.79 Å². The van der Waals surface area contributed by atoms with Crippen molar-refractivity contribution in [1.29, 1.82) is 0 Å². The number of aryl methyl sites for hydroxylation is 2. The van der Waals surface area contributed by atoms with Crippen molar-refractivity contribution in [1.82, 2.24) is 5.32 Å². The standard InChI is InChI=1S/C16H23NO2/c1-11-6-7-14(12(2)9-11)15(16(18)19-3)13-5-4-8-17-10-13/h6-7,9,13,15,17H,4-5,8,10H2,1-3H3. The molecule has 0 saturated carbocycles. The number of carbonyl (C=O) groups is 1. The van der Waals surface area contributed by atoms with Gasteiger partial charge in [-0.05, 0) is 56.8 Å². The van der Waals surface area contributed by atoms with Crippen LogP contribution < -0.4 is 5.32 Å². The number of carbonyl (C=O) groups excluding carboxylic acids is 1. The molecule has 0 radical (unpaired) electrons. The van der Waals surface area contributed by atoms with E-state index in [4.69, 9.17) is 4.74 Å². The summed E-state index contributed by atoms with van der Waals surface area (Å²) >= 11 is 0. The molecule has 1 heterocycles. The predicted octanol–water partition coefficient (Wildman–Crippen LogP) is 2.56. The minimum atomic E-state index is -0.140. The van der Waals surface area contributed by atoms with Gasteiger partial charge in [0.1, 0.15) is 0 Å². The van der Waals surface area contributed by atoms with E-state index in [1.165, 1.54) is 18.2 Å². The number of rotatable bonds is 3. The van der Waals surface area contributed by atoms with Crippen LogP contribution in [0.1, 0.15) is 35.4 Å². The van der Waals surface area contributed by atoms with Crippen molar-refractivity contribution in [2.75, 3.05) is 20.2 Å². The summed E-state index contributed by atoms with van der Waals surface area (Å²) in [5.74, 6) is 0.0849. The van der Waals surface area contributed by atoms with Crippen LogP contribution in [0.5, 0.6) is 0 Å². The number of methoxy groups -OCH3 is 1. The smallest absolute Gasteiger partial charge is 0.313 e. The van der Waals surface area contributed by atoms with E-state index in [9.17, 15) is 4.79 Å². The average molecular weight is 261 g/mol. The number of hydrogen-bond acceptors (Lipinski definition) is 3. The zero-order chi connectivity index (χ0) is 13.8. The fourth-order valence-electron chi connectivity index (χ4n) is 3.04. The highest BCUT2D eigenvalue weighted by Crippen LogP contribution is 2.32. The summed E-state index contributed by atoms with van der Waals surface area (Å²) in [5.41, 5.74) is 3.53. The Balaban J connectivity index is 2.33. The summed E-state index contributed by atoms with van der Waals surface area (Å²) in [4.78, 5) is 12.2. The maximum atomic E-state index is 12.2. The molecule has 1 saturated heterocycles. The molecule has 0 amide bonds. The highest BCUT2D eigenvalue weighted by atomic mass is 16.5. The first-order valence-electron chi connectivity index (χ1n) is 6.99. The summed E-state index contributed by atoms with van der Waals surface area (Å²) in [6.07, 6.45) is 2.21. The molecule has 2 atom stereocenters. The molecule has 0 bridgehead atoms. The van der Waals surface area contributed by atoms with E-state index in [1.807, 2.05) is 0 Å². The highest BCUT2D eigenvalue weighted by molar-refractivity contribution is 5.79. The van der Waals surface area contributed by atoms with Crippen LogP contribution in [-0.4, -0.2) is 26.2 Å². The molecule has 3 heteroatoms. The van der Waals surface area contributed by atoms with Crippen LogP contribution in [0.2, 0.25) is 0 Å². The second-order valence-electron chi connectivity index (χ2n) is 5.47. The second-order valence-corrected chi connectivity index (χ2v) is 5.47. The fourth-order valence-corrected chi connectivity index (χ4v) is 3.04. The van der Waals surface area contributed by atoms with Crippen LogP contribution in [0, 0.1) is 19.8 Å². The molecule has 19 heavy (non-hydrogen) atoms. The molecule has 1 aromatic carbocycles. The number of esters is 1. The Labute approximate surface area is 115 Å². The van der Waals surface area contributed by atoms with Crippen LogP contribution in [0.15, 0.2) is 18.2 Å². The lowest BCUT2D eigenvalue weighted by Gasteiger charge is -2.30. The molecule has 2 rings (SSSR count). The molecular weight excluding hydrogens is 238 g/mol. The van der Waals surface area contributed by atoms with E-state index in [0.29, 0.717) is 5.92 Å². The average Bonchev–Trinajstić information content (AvgIpc) is 2.42. The monoisotopic (exact) mass is 261 g/mol. The van der Waals surface area contributed by atoms with Crippen molar-refractivity contribution >= 4 is 5.97 Å². The van der Waals surface area contributed by atoms with Crippen LogP contribution in [0.25, 0.3) is 0 Å².